The number of ether oxygens (including phenoxy) is 1. The average Bonchev–Trinajstić information content (AvgIpc) is 3.41. The molecule has 3 aromatic rings. The van der Waals surface area contributed by atoms with Crippen molar-refractivity contribution in [3.63, 3.8) is 0 Å². The Morgan fingerprint density at radius 2 is 1.97 bits per heavy atom. The van der Waals surface area contributed by atoms with Crippen LogP contribution in [0.3, 0.4) is 0 Å². The molecule has 0 spiro atoms. The van der Waals surface area contributed by atoms with Gasteiger partial charge in [-0.25, -0.2) is 15.0 Å². The molecular formula is C26H35N7OSi. The van der Waals surface area contributed by atoms with Gasteiger partial charge in [0.15, 0.2) is 0 Å². The van der Waals surface area contributed by atoms with E-state index in [9.17, 15) is 0 Å². The van der Waals surface area contributed by atoms with E-state index in [2.05, 4.69) is 69.2 Å². The van der Waals surface area contributed by atoms with Crippen LogP contribution in [-0.2, 0) is 11.5 Å². The first-order chi connectivity index (χ1) is 16.8. The number of nitrogens with zero attached hydrogens (tertiary/aromatic N) is 7. The van der Waals surface area contributed by atoms with Gasteiger partial charge < -0.3 is 19.1 Å². The number of rotatable bonds is 7. The van der Waals surface area contributed by atoms with Gasteiger partial charge in [-0.3, -0.25) is 0 Å². The minimum atomic E-state index is -1.10. The lowest BCUT2D eigenvalue weighted by Gasteiger charge is -2.42. The molecule has 2 fully saturated rings. The summed E-state index contributed by atoms with van der Waals surface area (Å²) in [5.41, 5.74) is 1.68. The number of aromatic nitrogens is 4. The highest BCUT2D eigenvalue weighted by molar-refractivity contribution is 6.76. The van der Waals surface area contributed by atoms with E-state index in [1.54, 1.807) is 12.5 Å². The molecule has 35 heavy (non-hydrogen) atoms. The Labute approximate surface area is 208 Å². The number of hydrogen-bond acceptors (Lipinski definition) is 7. The van der Waals surface area contributed by atoms with Crippen molar-refractivity contribution >= 4 is 30.7 Å². The molecule has 0 bridgehead atoms. The highest BCUT2D eigenvalue weighted by Crippen LogP contribution is 2.44. The maximum absolute atomic E-state index is 9.07. The maximum atomic E-state index is 9.07. The number of piperidine rings is 1. The zero-order chi connectivity index (χ0) is 24.6. The van der Waals surface area contributed by atoms with Gasteiger partial charge >= 0.3 is 0 Å². The molecule has 0 radical (unpaired) electrons. The lowest BCUT2D eigenvalue weighted by molar-refractivity contribution is 0.0899. The molecule has 0 N–H and O–H groups in total. The van der Waals surface area contributed by atoms with E-state index in [-0.39, 0.29) is 5.41 Å². The zero-order valence-corrected chi connectivity index (χ0v) is 22.2. The van der Waals surface area contributed by atoms with Crippen LogP contribution >= 0.6 is 0 Å². The predicted molar refractivity (Wildman–Crippen MR) is 141 cm³/mol. The predicted octanol–water partition coefficient (Wildman–Crippen LogP) is 4.36. The van der Waals surface area contributed by atoms with Crippen LogP contribution in [0.1, 0.15) is 18.9 Å². The zero-order valence-electron chi connectivity index (χ0n) is 21.2. The Morgan fingerprint density at radius 1 is 1.14 bits per heavy atom. The molecule has 9 heteroatoms. The summed E-state index contributed by atoms with van der Waals surface area (Å²) in [4.78, 5) is 18.7. The topological polar surface area (TPSA) is 83.1 Å². The largest absolute Gasteiger partial charge is 0.361 e. The van der Waals surface area contributed by atoms with Gasteiger partial charge in [0.1, 0.15) is 36.4 Å². The number of nitriles is 1. The summed E-state index contributed by atoms with van der Waals surface area (Å²) in [5, 5.41) is 10.2. The van der Waals surface area contributed by atoms with Crippen LogP contribution in [-0.4, -0.2) is 60.4 Å². The summed E-state index contributed by atoms with van der Waals surface area (Å²) in [7, 11) is -1.10. The molecule has 3 aromatic heterocycles. The highest BCUT2D eigenvalue weighted by Gasteiger charge is 2.47. The summed E-state index contributed by atoms with van der Waals surface area (Å²) in [6.45, 7) is 14.7. The number of fused-ring (bicyclic) bond motifs is 2. The van der Waals surface area contributed by atoms with Crippen LogP contribution in [0.5, 0.6) is 0 Å². The van der Waals surface area contributed by atoms with Crippen molar-refractivity contribution in [2.24, 2.45) is 11.3 Å². The van der Waals surface area contributed by atoms with E-state index in [0.717, 1.165) is 67.9 Å². The molecule has 8 nitrogen and oxygen atoms in total. The third-order valence-corrected chi connectivity index (χ3v) is 9.24. The van der Waals surface area contributed by atoms with Gasteiger partial charge in [-0.1, -0.05) is 26.6 Å². The van der Waals surface area contributed by atoms with Crippen LogP contribution in [0.15, 0.2) is 36.9 Å². The van der Waals surface area contributed by atoms with Crippen molar-refractivity contribution < 1.29 is 4.74 Å². The summed E-state index contributed by atoms with van der Waals surface area (Å²) < 4.78 is 8.07. The first-order valence-electron chi connectivity index (χ1n) is 12.5. The molecule has 184 valence electrons. The molecule has 5 rings (SSSR count). The van der Waals surface area contributed by atoms with Gasteiger partial charge in [-0.05, 0) is 36.6 Å². The normalized spacial score (nSPS) is 22.4. The van der Waals surface area contributed by atoms with Crippen molar-refractivity contribution in [3.05, 3.63) is 42.5 Å². The lowest BCUT2D eigenvalue weighted by Crippen LogP contribution is -2.47. The fourth-order valence-electron chi connectivity index (χ4n) is 5.44. The number of anilines is 2. The van der Waals surface area contributed by atoms with Crippen molar-refractivity contribution in [2.45, 2.75) is 45.8 Å². The number of hydrogen-bond donors (Lipinski definition) is 0. The second-order valence-electron chi connectivity index (χ2n) is 11.5. The molecule has 2 atom stereocenters. The SMILES string of the molecule is C[C@]12CN(c3ccc(C#N)cn3)C[C@@H]1CCN(c1ncnc3c1ccn3COCC[Si](C)(C)C)C2. The first-order valence-corrected chi connectivity index (χ1v) is 16.2. The van der Waals surface area contributed by atoms with E-state index in [1.807, 2.05) is 12.1 Å². The Hall–Kier alpha value is -2.96. The van der Waals surface area contributed by atoms with Crippen LogP contribution in [0.25, 0.3) is 11.0 Å². The van der Waals surface area contributed by atoms with Gasteiger partial charge in [0.2, 0.25) is 0 Å². The van der Waals surface area contributed by atoms with Crippen LogP contribution in [0, 0.1) is 22.7 Å². The summed E-state index contributed by atoms with van der Waals surface area (Å²) >= 11 is 0. The van der Waals surface area contributed by atoms with Gasteiger partial charge in [0.25, 0.3) is 0 Å². The van der Waals surface area contributed by atoms with E-state index in [4.69, 9.17) is 15.0 Å². The molecule has 5 heterocycles. The van der Waals surface area contributed by atoms with E-state index in [1.165, 1.54) is 0 Å². The molecule has 0 saturated carbocycles. The Morgan fingerprint density at radius 3 is 2.71 bits per heavy atom. The Bertz CT molecular complexity index is 1230. The van der Waals surface area contributed by atoms with Crippen molar-refractivity contribution in [1.82, 2.24) is 19.5 Å². The van der Waals surface area contributed by atoms with Gasteiger partial charge in [-0.15, -0.1) is 0 Å². The molecule has 0 aliphatic carbocycles. The monoisotopic (exact) mass is 489 g/mol. The average molecular weight is 490 g/mol. The second kappa shape index (κ2) is 9.24. The van der Waals surface area contributed by atoms with E-state index >= 15 is 0 Å². The van der Waals surface area contributed by atoms with Crippen molar-refractivity contribution in [2.75, 3.05) is 42.6 Å². The van der Waals surface area contributed by atoms with Gasteiger partial charge in [0.05, 0.1) is 10.9 Å². The molecule has 0 unspecified atom stereocenters. The summed E-state index contributed by atoms with van der Waals surface area (Å²) in [6, 6.07) is 9.27. The summed E-state index contributed by atoms with van der Waals surface area (Å²) in [6.07, 6.45) is 6.55. The standard InChI is InChI=1S/C26H35N7OSi/c1-26-16-31(9-7-21(26)15-33(17-26)23-6-5-20(13-27)14-28-23)24-22-8-10-32(25(22)30-18-29-24)19-34-11-12-35(2,3)4/h5-6,8,10,14,18,21H,7,9,11-12,15-17,19H2,1-4H3/t21-,26-/m0/s1. The lowest BCUT2D eigenvalue weighted by atomic mass is 9.75. The molecule has 0 aromatic carbocycles. The highest BCUT2D eigenvalue weighted by atomic mass is 28.3. The fraction of sp³-hybridized carbons (Fsp3) is 0.538. The van der Waals surface area contributed by atoms with Crippen molar-refractivity contribution in [1.29, 1.82) is 5.26 Å². The quantitative estimate of drug-likeness (QED) is 0.360. The van der Waals surface area contributed by atoms with Crippen LogP contribution < -0.4 is 9.80 Å². The van der Waals surface area contributed by atoms with Gasteiger partial charge in [0, 0.05) is 58.7 Å². The minimum absolute atomic E-state index is 0.146. The molecular weight excluding hydrogens is 454 g/mol. The first kappa shape index (κ1) is 23.8. The molecule has 0 amide bonds. The fourth-order valence-corrected chi connectivity index (χ4v) is 6.20. The smallest absolute Gasteiger partial charge is 0.147 e. The Kier molecular flexibility index (Phi) is 6.28. The molecule has 2 aliphatic heterocycles. The minimum Gasteiger partial charge on any atom is -0.361 e. The third-order valence-electron chi connectivity index (χ3n) is 7.54. The number of pyridine rings is 1. The second-order valence-corrected chi connectivity index (χ2v) is 17.1. The maximum Gasteiger partial charge on any atom is 0.147 e. The molecule has 2 saturated heterocycles. The van der Waals surface area contributed by atoms with Gasteiger partial charge in [-0.2, -0.15) is 5.26 Å². The Balaban J connectivity index is 1.30. The van der Waals surface area contributed by atoms with E-state index < -0.39 is 8.07 Å². The van der Waals surface area contributed by atoms with E-state index in [0.29, 0.717) is 18.2 Å². The van der Waals surface area contributed by atoms with Crippen molar-refractivity contribution in [3.8, 4) is 6.07 Å². The van der Waals surface area contributed by atoms with Crippen LogP contribution in [0.2, 0.25) is 25.7 Å². The van der Waals surface area contributed by atoms with Crippen LogP contribution in [0.4, 0.5) is 11.6 Å². The summed E-state index contributed by atoms with van der Waals surface area (Å²) in [5.74, 6) is 2.59. The molecule has 2 aliphatic rings. The third kappa shape index (κ3) is 4.91.